The third kappa shape index (κ3) is 2.73. The van der Waals surface area contributed by atoms with Crippen LogP contribution in [0.25, 0.3) is 0 Å². The highest BCUT2D eigenvalue weighted by atomic mass is 16.5. The molecular weight excluding hydrogens is 186 g/mol. The molecule has 2 fully saturated rings. The zero-order valence-corrected chi connectivity index (χ0v) is 10.2. The molecule has 0 bridgehead atoms. The average Bonchev–Trinajstić information content (AvgIpc) is 2.83. The molecule has 1 N–H and O–H groups in total. The van der Waals surface area contributed by atoms with E-state index in [0.717, 1.165) is 25.0 Å². The first-order valence-corrected chi connectivity index (χ1v) is 6.49. The average molecular weight is 211 g/mol. The summed E-state index contributed by atoms with van der Waals surface area (Å²) in [5, 5.41) is 3.57. The Labute approximate surface area is 93.8 Å². The second kappa shape index (κ2) is 4.84. The zero-order valence-electron chi connectivity index (χ0n) is 10.2. The first-order valence-electron chi connectivity index (χ1n) is 6.49. The van der Waals surface area contributed by atoms with Gasteiger partial charge in [0, 0.05) is 20.2 Å². The molecule has 2 aliphatic carbocycles. The fraction of sp³-hybridized carbons (Fsp3) is 1.00. The molecule has 0 radical (unpaired) electrons. The highest BCUT2D eigenvalue weighted by Gasteiger charge is 2.52. The Morgan fingerprint density at radius 3 is 2.67 bits per heavy atom. The molecule has 0 heterocycles. The van der Waals surface area contributed by atoms with E-state index in [-0.39, 0.29) is 0 Å². The molecule has 2 aliphatic rings. The number of methoxy groups -OCH3 is 1. The van der Waals surface area contributed by atoms with Gasteiger partial charge in [0.05, 0.1) is 6.61 Å². The minimum absolute atomic E-state index is 0.649. The number of hydrogen-bond donors (Lipinski definition) is 1. The van der Waals surface area contributed by atoms with Gasteiger partial charge in [-0.25, -0.2) is 0 Å². The van der Waals surface area contributed by atoms with Crippen LogP contribution in [-0.2, 0) is 4.74 Å². The predicted molar refractivity (Wildman–Crippen MR) is 62.9 cm³/mol. The van der Waals surface area contributed by atoms with Gasteiger partial charge in [0.25, 0.3) is 0 Å². The van der Waals surface area contributed by atoms with E-state index in [1.54, 1.807) is 7.11 Å². The number of ether oxygens (including phenoxy) is 1. The molecule has 2 heteroatoms. The van der Waals surface area contributed by atoms with Crippen LogP contribution in [0.5, 0.6) is 0 Å². The number of fused-ring (bicyclic) bond motifs is 1. The van der Waals surface area contributed by atoms with E-state index in [0.29, 0.717) is 5.41 Å². The SMILES string of the molecule is CCCC1(CNCCOC)CC2CC2C1. The molecule has 2 nitrogen and oxygen atoms in total. The molecule has 2 atom stereocenters. The molecule has 2 unspecified atom stereocenters. The third-order valence-corrected chi connectivity index (χ3v) is 4.22. The van der Waals surface area contributed by atoms with Gasteiger partial charge in [0.15, 0.2) is 0 Å². The third-order valence-electron chi connectivity index (χ3n) is 4.22. The summed E-state index contributed by atoms with van der Waals surface area (Å²) in [6, 6.07) is 0. The first-order chi connectivity index (χ1) is 7.29. The lowest BCUT2D eigenvalue weighted by atomic mass is 9.79. The molecule has 0 amide bonds. The summed E-state index contributed by atoms with van der Waals surface area (Å²) in [5.74, 6) is 2.20. The minimum Gasteiger partial charge on any atom is -0.383 e. The Balaban J connectivity index is 1.74. The van der Waals surface area contributed by atoms with Crippen molar-refractivity contribution in [2.45, 2.75) is 39.0 Å². The summed E-state index contributed by atoms with van der Waals surface area (Å²) in [4.78, 5) is 0. The van der Waals surface area contributed by atoms with E-state index in [2.05, 4.69) is 12.2 Å². The Morgan fingerprint density at radius 2 is 2.07 bits per heavy atom. The van der Waals surface area contributed by atoms with Crippen LogP contribution in [0.3, 0.4) is 0 Å². The van der Waals surface area contributed by atoms with Crippen LogP contribution < -0.4 is 5.32 Å². The Kier molecular flexibility index (Phi) is 3.68. The van der Waals surface area contributed by atoms with Crippen LogP contribution >= 0.6 is 0 Å². The predicted octanol–water partition coefficient (Wildman–Crippen LogP) is 2.44. The molecule has 0 aromatic rings. The van der Waals surface area contributed by atoms with Crippen LogP contribution in [0.1, 0.15) is 39.0 Å². The Hall–Kier alpha value is -0.0800. The second-order valence-corrected chi connectivity index (χ2v) is 5.58. The molecule has 2 rings (SSSR count). The van der Waals surface area contributed by atoms with E-state index >= 15 is 0 Å². The molecule has 0 spiro atoms. The summed E-state index contributed by atoms with van der Waals surface area (Å²) in [6.45, 7) is 5.39. The van der Waals surface area contributed by atoms with Crippen molar-refractivity contribution in [1.82, 2.24) is 5.32 Å². The molecule has 88 valence electrons. The number of nitrogens with one attached hydrogen (secondary N) is 1. The highest BCUT2D eigenvalue weighted by molar-refractivity contribution is 5.03. The van der Waals surface area contributed by atoms with Crippen LogP contribution in [0.15, 0.2) is 0 Å². The fourth-order valence-corrected chi connectivity index (χ4v) is 3.50. The largest absolute Gasteiger partial charge is 0.383 e. The maximum atomic E-state index is 5.07. The van der Waals surface area contributed by atoms with E-state index in [1.165, 1.54) is 38.6 Å². The van der Waals surface area contributed by atoms with E-state index in [1.807, 2.05) is 0 Å². The topological polar surface area (TPSA) is 21.3 Å². The van der Waals surface area contributed by atoms with Crippen molar-refractivity contribution in [1.29, 1.82) is 0 Å². The summed E-state index contributed by atoms with van der Waals surface area (Å²) < 4.78 is 5.07. The second-order valence-electron chi connectivity index (χ2n) is 5.58. The van der Waals surface area contributed by atoms with E-state index < -0.39 is 0 Å². The summed E-state index contributed by atoms with van der Waals surface area (Å²) in [7, 11) is 1.77. The Bertz CT molecular complexity index is 195. The van der Waals surface area contributed by atoms with Crippen molar-refractivity contribution in [3.05, 3.63) is 0 Å². The quantitative estimate of drug-likeness (QED) is 0.653. The van der Waals surface area contributed by atoms with Gasteiger partial charge in [0.2, 0.25) is 0 Å². The first kappa shape index (κ1) is 11.4. The van der Waals surface area contributed by atoms with Gasteiger partial charge in [-0.15, -0.1) is 0 Å². The summed E-state index contributed by atoms with van der Waals surface area (Å²) in [6.07, 6.45) is 7.27. The van der Waals surface area contributed by atoms with Crippen molar-refractivity contribution < 1.29 is 4.74 Å². The van der Waals surface area contributed by atoms with Gasteiger partial charge >= 0.3 is 0 Å². The standard InChI is InChI=1S/C13H25NO/c1-3-4-13(10-14-5-6-15-2)8-11-7-12(11)9-13/h11-12,14H,3-10H2,1-2H3. The minimum atomic E-state index is 0.649. The maximum absolute atomic E-state index is 5.07. The molecule has 0 aliphatic heterocycles. The monoisotopic (exact) mass is 211 g/mol. The number of rotatable bonds is 7. The number of hydrogen-bond acceptors (Lipinski definition) is 2. The molecule has 15 heavy (non-hydrogen) atoms. The van der Waals surface area contributed by atoms with Crippen LogP contribution in [0.4, 0.5) is 0 Å². The molecule has 0 aromatic carbocycles. The molecule has 0 saturated heterocycles. The van der Waals surface area contributed by atoms with Gasteiger partial charge in [-0.1, -0.05) is 13.3 Å². The van der Waals surface area contributed by atoms with Crippen molar-refractivity contribution in [2.24, 2.45) is 17.3 Å². The van der Waals surface area contributed by atoms with Crippen LogP contribution in [-0.4, -0.2) is 26.8 Å². The summed E-state index contributed by atoms with van der Waals surface area (Å²) in [5.41, 5.74) is 0.649. The molecular formula is C13H25NO. The maximum Gasteiger partial charge on any atom is 0.0587 e. The fourth-order valence-electron chi connectivity index (χ4n) is 3.50. The van der Waals surface area contributed by atoms with E-state index in [4.69, 9.17) is 4.74 Å². The van der Waals surface area contributed by atoms with Crippen molar-refractivity contribution in [3.63, 3.8) is 0 Å². The van der Waals surface area contributed by atoms with Crippen molar-refractivity contribution in [2.75, 3.05) is 26.8 Å². The van der Waals surface area contributed by atoms with Gasteiger partial charge in [-0.2, -0.15) is 0 Å². The van der Waals surface area contributed by atoms with E-state index in [9.17, 15) is 0 Å². The zero-order chi connectivity index (χ0) is 10.7. The van der Waals surface area contributed by atoms with Crippen LogP contribution in [0, 0.1) is 17.3 Å². The van der Waals surface area contributed by atoms with Crippen molar-refractivity contribution >= 4 is 0 Å². The van der Waals surface area contributed by atoms with Crippen molar-refractivity contribution in [3.8, 4) is 0 Å². The van der Waals surface area contributed by atoms with Gasteiger partial charge in [-0.05, 0) is 42.9 Å². The lowest BCUT2D eigenvalue weighted by Crippen LogP contribution is -2.34. The van der Waals surface area contributed by atoms with Gasteiger partial charge in [-0.3, -0.25) is 0 Å². The van der Waals surface area contributed by atoms with Gasteiger partial charge < -0.3 is 10.1 Å². The lowest BCUT2D eigenvalue weighted by Gasteiger charge is -2.31. The van der Waals surface area contributed by atoms with Crippen LogP contribution in [0.2, 0.25) is 0 Å². The highest BCUT2D eigenvalue weighted by Crippen LogP contribution is 2.61. The normalized spacial score (nSPS) is 38.0. The molecule has 0 aromatic heterocycles. The molecule has 2 saturated carbocycles. The lowest BCUT2D eigenvalue weighted by molar-refractivity contribution is 0.182. The Morgan fingerprint density at radius 1 is 1.33 bits per heavy atom. The van der Waals surface area contributed by atoms with Gasteiger partial charge in [0.1, 0.15) is 0 Å². The smallest absolute Gasteiger partial charge is 0.0587 e. The summed E-state index contributed by atoms with van der Waals surface area (Å²) >= 11 is 0.